The van der Waals surface area contributed by atoms with Crippen LogP contribution in [0.1, 0.15) is 17.5 Å². The van der Waals surface area contributed by atoms with Crippen molar-refractivity contribution in [2.75, 3.05) is 5.75 Å². The molecule has 25 heavy (non-hydrogen) atoms. The molecule has 3 aromatic rings. The van der Waals surface area contributed by atoms with E-state index < -0.39 is 5.63 Å². The lowest BCUT2D eigenvalue weighted by atomic mass is 10.1. The molecule has 3 rings (SSSR count). The molecule has 0 bridgehead atoms. The van der Waals surface area contributed by atoms with Gasteiger partial charge in [-0.2, -0.15) is 0 Å². The van der Waals surface area contributed by atoms with Crippen LogP contribution < -0.4 is 5.63 Å². The number of ether oxygens (including phenoxy) is 1. The van der Waals surface area contributed by atoms with Crippen LogP contribution in [0.4, 0.5) is 0 Å². The number of aryl methyl sites for hydroxylation is 1. The van der Waals surface area contributed by atoms with Crippen LogP contribution in [0.2, 0.25) is 0 Å². The van der Waals surface area contributed by atoms with E-state index in [1.54, 1.807) is 17.8 Å². The van der Waals surface area contributed by atoms with E-state index in [0.717, 1.165) is 15.8 Å². The van der Waals surface area contributed by atoms with Crippen LogP contribution in [-0.2, 0) is 16.1 Å². The van der Waals surface area contributed by atoms with Gasteiger partial charge in [-0.3, -0.25) is 4.79 Å². The van der Waals surface area contributed by atoms with E-state index in [4.69, 9.17) is 9.15 Å². The zero-order valence-electron chi connectivity index (χ0n) is 13.9. The summed E-state index contributed by atoms with van der Waals surface area (Å²) < 4.78 is 10.5. The molecule has 2 aromatic carbocycles. The molecule has 0 atom stereocenters. The van der Waals surface area contributed by atoms with Crippen molar-refractivity contribution in [2.24, 2.45) is 0 Å². The Hall–Kier alpha value is -2.53. The Balaban J connectivity index is 1.59. The summed E-state index contributed by atoms with van der Waals surface area (Å²) in [6.45, 7) is 2.00. The summed E-state index contributed by atoms with van der Waals surface area (Å²) in [5, 5.41) is 0.789. The zero-order valence-corrected chi connectivity index (χ0v) is 14.7. The van der Waals surface area contributed by atoms with E-state index in [9.17, 15) is 9.59 Å². The minimum Gasteiger partial charge on any atom is -0.461 e. The number of esters is 1. The normalized spacial score (nSPS) is 10.8. The molecule has 128 valence electrons. The topological polar surface area (TPSA) is 56.5 Å². The second-order valence-electron chi connectivity index (χ2n) is 5.66. The van der Waals surface area contributed by atoms with Crippen LogP contribution in [-0.4, -0.2) is 11.7 Å². The Kier molecular flexibility index (Phi) is 5.56. The third kappa shape index (κ3) is 4.73. The van der Waals surface area contributed by atoms with Crippen molar-refractivity contribution in [3.05, 3.63) is 76.1 Å². The summed E-state index contributed by atoms with van der Waals surface area (Å²) in [6.07, 6.45) is 0.318. The standard InChI is InChI=1S/C20H18O4S/c1-14-7-8-17-15(12-20(22)24-18(17)11-14)13-23-19(21)9-10-25-16-5-3-2-4-6-16/h2-8,11-12H,9-10,13H2,1H3. The number of carbonyl (C=O) groups excluding carboxylic acids is 1. The van der Waals surface area contributed by atoms with Gasteiger partial charge in [0.1, 0.15) is 12.2 Å². The summed E-state index contributed by atoms with van der Waals surface area (Å²) >= 11 is 1.61. The first-order valence-corrected chi connectivity index (χ1v) is 8.97. The van der Waals surface area contributed by atoms with Crippen LogP contribution in [0.3, 0.4) is 0 Å². The number of benzene rings is 2. The van der Waals surface area contributed by atoms with Crippen molar-refractivity contribution in [2.45, 2.75) is 24.8 Å². The predicted molar refractivity (Wildman–Crippen MR) is 98.8 cm³/mol. The molecule has 0 spiro atoms. The second kappa shape index (κ2) is 8.03. The van der Waals surface area contributed by atoms with Gasteiger partial charge in [0.15, 0.2) is 0 Å². The molecule has 0 fully saturated rings. The highest BCUT2D eigenvalue weighted by molar-refractivity contribution is 7.99. The SMILES string of the molecule is Cc1ccc2c(COC(=O)CCSc3ccccc3)cc(=O)oc2c1. The van der Waals surface area contributed by atoms with E-state index in [1.165, 1.54) is 6.07 Å². The number of carbonyl (C=O) groups is 1. The maximum absolute atomic E-state index is 11.9. The van der Waals surface area contributed by atoms with Gasteiger partial charge in [0.2, 0.25) is 0 Å². The van der Waals surface area contributed by atoms with Crippen molar-refractivity contribution in [1.82, 2.24) is 0 Å². The zero-order chi connectivity index (χ0) is 17.6. The molecular weight excluding hydrogens is 336 g/mol. The fourth-order valence-electron chi connectivity index (χ4n) is 2.46. The minimum atomic E-state index is -0.441. The first-order valence-electron chi connectivity index (χ1n) is 7.99. The third-order valence-electron chi connectivity index (χ3n) is 3.69. The molecule has 0 aliphatic carbocycles. The molecule has 0 N–H and O–H groups in total. The average molecular weight is 354 g/mol. The number of thioether (sulfide) groups is 1. The van der Waals surface area contributed by atoms with Crippen LogP contribution in [0.25, 0.3) is 11.0 Å². The lowest BCUT2D eigenvalue weighted by molar-refractivity contribution is -0.144. The molecule has 1 heterocycles. The van der Waals surface area contributed by atoms with E-state index >= 15 is 0 Å². The molecule has 0 unspecified atom stereocenters. The van der Waals surface area contributed by atoms with Gasteiger partial charge in [-0.25, -0.2) is 4.79 Å². The quantitative estimate of drug-likeness (QED) is 0.375. The molecule has 0 radical (unpaired) electrons. The molecule has 4 nitrogen and oxygen atoms in total. The maximum Gasteiger partial charge on any atom is 0.336 e. The van der Waals surface area contributed by atoms with Crippen LogP contribution in [0.15, 0.2) is 68.7 Å². The molecule has 0 saturated heterocycles. The number of rotatable bonds is 6. The second-order valence-corrected chi connectivity index (χ2v) is 6.83. The smallest absolute Gasteiger partial charge is 0.336 e. The first kappa shape index (κ1) is 17.3. The number of fused-ring (bicyclic) bond motifs is 1. The fraction of sp³-hybridized carbons (Fsp3) is 0.200. The van der Waals surface area contributed by atoms with Crippen molar-refractivity contribution in [1.29, 1.82) is 0 Å². The Morgan fingerprint density at radius 1 is 1.12 bits per heavy atom. The van der Waals surface area contributed by atoms with Crippen molar-refractivity contribution in [3.8, 4) is 0 Å². The molecule has 0 aliphatic heterocycles. The van der Waals surface area contributed by atoms with Gasteiger partial charge in [-0.15, -0.1) is 11.8 Å². The summed E-state index contributed by atoms with van der Waals surface area (Å²) in [5.41, 5.74) is 1.74. The fourth-order valence-corrected chi connectivity index (χ4v) is 3.31. The monoisotopic (exact) mass is 354 g/mol. The van der Waals surface area contributed by atoms with Gasteiger partial charge in [0.25, 0.3) is 0 Å². The summed E-state index contributed by atoms with van der Waals surface area (Å²) in [7, 11) is 0. The van der Waals surface area contributed by atoms with Gasteiger partial charge < -0.3 is 9.15 Å². The van der Waals surface area contributed by atoms with Gasteiger partial charge in [-0.1, -0.05) is 30.3 Å². The van der Waals surface area contributed by atoms with Crippen LogP contribution >= 0.6 is 11.8 Å². The molecule has 0 aliphatic rings. The Bertz CT molecular complexity index is 931. The van der Waals surface area contributed by atoms with Gasteiger partial charge >= 0.3 is 11.6 Å². The highest BCUT2D eigenvalue weighted by atomic mass is 32.2. The molecule has 1 aromatic heterocycles. The van der Waals surface area contributed by atoms with Gasteiger partial charge in [0, 0.05) is 27.7 Å². The minimum absolute atomic E-state index is 0.0694. The van der Waals surface area contributed by atoms with E-state index in [2.05, 4.69) is 0 Å². The predicted octanol–water partition coefficient (Wildman–Crippen LogP) is 4.33. The lowest BCUT2D eigenvalue weighted by Crippen LogP contribution is -2.08. The van der Waals surface area contributed by atoms with Crippen molar-refractivity contribution in [3.63, 3.8) is 0 Å². The Labute approximate surface area is 149 Å². The summed E-state index contributed by atoms with van der Waals surface area (Å²) in [5.74, 6) is 0.372. The number of hydrogen-bond acceptors (Lipinski definition) is 5. The number of hydrogen-bond donors (Lipinski definition) is 0. The summed E-state index contributed by atoms with van der Waals surface area (Å²) in [4.78, 5) is 24.7. The first-order chi connectivity index (χ1) is 12.1. The van der Waals surface area contributed by atoms with E-state index in [0.29, 0.717) is 23.3 Å². The van der Waals surface area contributed by atoms with E-state index in [1.807, 2.05) is 49.4 Å². The molecule has 5 heteroatoms. The Morgan fingerprint density at radius 3 is 2.72 bits per heavy atom. The van der Waals surface area contributed by atoms with Gasteiger partial charge in [-0.05, 0) is 30.7 Å². The van der Waals surface area contributed by atoms with E-state index in [-0.39, 0.29) is 12.6 Å². The third-order valence-corrected chi connectivity index (χ3v) is 4.71. The van der Waals surface area contributed by atoms with Crippen molar-refractivity contribution < 1.29 is 13.9 Å². The highest BCUT2D eigenvalue weighted by Crippen LogP contribution is 2.20. The Morgan fingerprint density at radius 2 is 1.92 bits per heavy atom. The lowest BCUT2D eigenvalue weighted by Gasteiger charge is -2.08. The van der Waals surface area contributed by atoms with Crippen LogP contribution in [0, 0.1) is 6.92 Å². The van der Waals surface area contributed by atoms with Gasteiger partial charge in [0.05, 0.1) is 6.42 Å². The summed E-state index contributed by atoms with van der Waals surface area (Å²) in [6, 6.07) is 16.9. The van der Waals surface area contributed by atoms with Crippen LogP contribution in [0.5, 0.6) is 0 Å². The average Bonchev–Trinajstić information content (AvgIpc) is 2.60. The molecule has 0 amide bonds. The molecule has 0 saturated carbocycles. The molecular formula is C20H18O4S. The highest BCUT2D eigenvalue weighted by Gasteiger charge is 2.09. The maximum atomic E-state index is 11.9. The van der Waals surface area contributed by atoms with Crippen molar-refractivity contribution >= 4 is 28.7 Å². The largest absolute Gasteiger partial charge is 0.461 e.